The molecule has 1 amide bonds. The summed E-state index contributed by atoms with van der Waals surface area (Å²) in [7, 11) is 5.13. The number of nitrogens with one attached hydrogen (secondary N) is 2. The number of aromatic amines is 1. The lowest BCUT2D eigenvalue weighted by molar-refractivity contribution is -0.133. The number of methoxy groups -OCH3 is 1. The Hall–Kier alpha value is -3.83. The van der Waals surface area contributed by atoms with Crippen LogP contribution < -0.4 is 10.1 Å². The van der Waals surface area contributed by atoms with Crippen molar-refractivity contribution in [2.75, 3.05) is 26.5 Å². The summed E-state index contributed by atoms with van der Waals surface area (Å²) >= 11 is 0. The Bertz CT molecular complexity index is 1440. The first-order valence-corrected chi connectivity index (χ1v) is 12.3. The molecule has 4 heterocycles. The van der Waals surface area contributed by atoms with Crippen LogP contribution in [-0.2, 0) is 11.3 Å². The molecule has 10 nitrogen and oxygen atoms in total. The number of hydrogen-bond acceptors (Lipinski definition) is 7. The Labute approximate surface area is 212 Å². The molecule has 0 bridgehead atoms. The number of halogens is 2. The first-order valence-electron chi connectivity index (χ1n) is 12.3. The van der Waals surface area contributed by atoms with Gasteiger partial charge in [-0.05, 0) is 38.7 Å². The van der Waals surface area contributed by atoms with E-state index in [0.29, 0.717) is 45.4 Å². The van der Waals surface area contributed by atoms with Crippen molar-refractivity contribution >= 4 is 34.1 Å². The highest BCUT2D eigenvalue weighted by Gasteiger charge is 2.28. The van der Waals surface area contributed by atoms with Crippen molar-refractivity contribution in [3.63, 3.8) is 0 Å². The molecule has 4 aromatic heterocycles. The van der Waals surface area contributed by atoms with E-state index in [2.05, 4.69) is 30.2 Å². The summed E-state index contributed by atoms with van der Waals surface area (Å²) in [6, 6.07) is 1.96. The Morgan fingerprint density at radius 3 is 2.68 bits per heavy atom. The van der Waals surface area contributed by atoms with Crippen LogP contribution in [0, 0.1) is 12.8 Å². The monoisotopic (exact) mass is 512 g/mol. The molecule has 5 rings (SSSR count). The predicted molar refractivity (Wildman–Crippen MR) is 136 cm³/mol. The Morgan fingerprint density at radius 2 is 2.00 bits per heavy atom. The SMILES string of the molecule is COc1nc(NC2CCC(C(=O)N(C)C)CC2)nc2[nH]cc(-c3cnc4nc(C)n(CC(F)F)c4c3)c12. The zero-order valence-electron chi connectivity index (χ0n) is 21.3. The quantitative estimate of drug-likeness (QED) is 0.385. The highest BCUT2D eigenvalue weighted by atomic mass is 19.3. The summed E-state index contributed by atoms with van der Waals surface area (Å²) in [5.41, 5.74) is 2.99. The van der Waals surface area contributed by atoms with Gasteiger partial charge in [-0.3, -0.25) is 4.79 Å². The number of carbonyl (C=O) groups is 1. The Balaban J connectivity index is 1.42. The number of fused-ring (bicyclic) bond motifs is 2. The summed E-state index contributed by atoms with van der Waals surface area (Å²) in [5, 5.41) is 4.07. The molecular weight excluding hydrogens is 482 g/mol. The van der Waals surface area contributed by atoms with Gasteiger partial charge in [0.1, 0.15) is 11.5 Å². The molecule has 12 heteroatoms. The van der Waals surface area contributed by atoms with Crippen molar-refractivity contribution in [3.8, 4) is 17.0 Å². The zero-order chi connectivity index (χ0) is 26.3. The summed E-state index contributed by atoms with van der Waals surface area (Å²) in [6.45, 7) is 1.24. The number of amides is 1. The fourth-order valence-corrected chi connectivity index (χ4v) is 5.11. The largest absolute Gasteiger partial charge is 0.480 e. The molecule has 2 N–H and O–H groups in total. The minimum atomic E-state index is -2.50. The van der Waals surface area contributed by atoms with Crippen molar-refractivity contribution in [2.45, 2.75) is 51.6 Å². The number of rotatable bonds is 7. The Kier molecular flexibility index (Phi) is 6.65. The van der Waals surface area contributed by atoms with E-state index in [1.807, 2.05) is 0 Å². The van der Waals surface area contributed by atoms with E-state index in [-0.39, 0.29) is 17.9 Å². The molecule has 1 saturated carbocycles. The van der Waals surface area contributed by atoms with E-state index >= 15 is 0 Å². The van der Waals surface area contributed by atoms with Crippen LogP contribution in [0.2, 0.25) is 0 Å². The van der Waals surface area contributed by atoms with E-state index in [4.69, 9.17) is 4.74 Å². The number of alkyl halides is 2. The predicted octanol–water partition coefficient (Wildman–Crippen LogP) is 4.01. The minimum Gasteiger partial charge on any atom is -0.480 e. The van der Waals surface area contributed by atoms with Crippen LogP contribution in [0.15, 0.2) is 18.5 Å². The highest BCUT2D eigenvalue weighted by Crippen LogP contribution is 2.36. The maximum Gasteiger partial charge on any atom is 0.256 e. The number of anilines is 1. The van der Waals surface area contributed by atoms with Crippen molar-refractivity contribution in [1.82, 2.24) is 34.4 Å². The number of hydrogen-bond donors (Lipinski definition) is 2. The Morgan fingerprint density at radius 1 is 1.24 bits per heavy atom. The van der Waals surface area contributed by atoms with E-state index in [0.717, 1.165) is 31.2 Å². The molecule has 1 fully saturated rings. The molecule has 0 radical (unpaired) electrons. The number of aromatic nitrogens is 6. The van der Waals surface area contributed by atoms with Gasteiger partial charge in [0.2, 0.25) is 17.7 Å². The van der Waals surface area contributed by atoms with Gasteiger partial charge >= 0.3 is 0 Å². The van der Waals surface area contributed by atoms with E-state index < -0.39 is 13.0 Å². The molecule has 1 aliphatic carbocycles. The highest BCUT2D eigenvalue weighted by molar-refractivity contribution is 5.98. The first-order chi connectivity index (χ1) is 17.7. The number of ether oxygens (including phenoxy) is 1. The summed E-state index contributed by atoms with van der Waals surface area (Å²) < 4.78 is 33.4. The normalized spacial score (nSPS) is 18.0. The molecule has 0 unspecified atom stereocenters. The molecule has 4 aromatic rings. The van der Waals surface area contributed by atoms with Gasteiger partial charge in [0.15, 0.2) is 5.65 Å². The lowest BCUT2D eigenvalue weighted by Crippen LogP contribution is -2.35. The number of H-pyrrole nitrogens is 1. The van der Waals surface area contributed by atoms with Crippen LogP contribution >= 0.6 is 0 Å². The third-order valence-corrected chi connectivity index (χ3v) is 6.97. The average Bonchev–Trinajstić information content (AvgIpc) is 3.43. The van der Waals surface area contributed by atoms with Crippen molar-refractivity contribution < 1.29 is 18.3 Å². The number of carbonyl (C=O) groups excluding carboxylic acids is 1. The van der Waals surface area contributed by atoms with Gasteiger partial charge in [0, 0.05) is 49.6 Å². The smallest absolute Gasteiger partial charge is 0.256 e. The second kappa shape index (κ2) is 9.91. The number of pyridine rings is 1. The van der Waals surface area contributed by atoms with Gasteiger partial charge in [0.05, 0.1) is 24.6 Å². The molecule has 1 aliphatic rings. The van der Waals surface area contributed by atoms with Crippen LogP contribution in [0.1, 0.15) is 31.5 Å². The summed E-state index contributed by atoms with van der Waals surface area (Å²) in [6.07, 6.45) is 4.27. The van der Waals surface area contributed by atoms with Crippen molar-refractivity contribution in [1.29, 1.82) is 0 Å². The fourth-order valence-electron chi connectivity index (χ4n) is 5.11. The van der Waals surface area contributed by atoms with Crippen molar-refractivity contribution in [2.24, 2.45) is 5.92 Å². The van der Waals surface area contributed by atoms with Gasteiger partial charge in [-0.1, -0.05) is 0 Å². The van der Waals surface area contributed by atoms with Gasteiger partial charge in [0.25, 0.3) is 6.43 Å². The van der Waals surface area contributed by atoms with Gasteiger partial charge in [-0.25, -0.2) is 18.7 Å². The van der Waals surface area contributed by atoms with Gasteiger partial charge in [-0.2, -0.15) is 9.97 Å². The molecule has 0 saturated heterocycles. The van der Waals surface area contributed by atoms with Gasteiger partial charge in [-0.15, -0.1) is 0 Å². The van der Waals surface area contributed by atoms with Crippen LogP contribution in [0.4, 0.5) is 14.7 Å². The lowest BCUT2D eigenvalue weighted by Gasteiger charge is -2.29. The second-order valence-electron chi connectivity index (χ2n) is 9.64. The average molecular weight is 513 g/mol. The second-order valence-corrected chi connectivity index (χ2v) is 9.64. The van der Waals surface area contributed by atoms with E-state index in [9.17, 15) is 13.6 Å². The topological polar surface area (TPSA) is 114 Å². The molecule has 0 spiro atoms. The summed E-state index contributed by atoms with van der Waals surface area (Å²) in [4.78, 5) is 35.1. The molecule has 196 valence electrons. The van der Waals surface area contributed by atoms with Gasteiger partial charge < -0.3 is 24.5 Å². The molecule has 0 aromatic carbocycles. The third-order valence-electron chi connectivity index (χ3n) is 6.97. The third kappa shape index (κ3) is 4.79. The lowest BCUT2D eigenvalue weighted by atomic mass is 9.85. The summed E-state index contributed by atoms with van der Waals surface area (Å²) in [5.74, 6) is 1.55. The van der Waals surface area contributed by atoms with E-state index in [1.165, 1.54) is 4.57 Å². The van der Waals surface area contributed by atoms with Crippen LogP contribution in [0.5, 0.6) is 5.88 Å². The number of imidazole rings is 1. The van der Waals surface area contributed by atoms with Crippen LogP contribution in [0.25, 0.3) is 33.3 Å². The van der Waals surface area contributed by atoms with Crippen LogP contribution in [0.3, 0.4) is 0 Å². The minimum absolute atomic E-state index is 0.0590. The maximum absolute atomic E-state index is 13.1. The number of aryl methyl sites for hydroxylation is 1. The first kappa shape index (κ1) is 24.8. The maximum atomic E-state index is 13.1. The standard InChI is InChI=1S/C25H30F2N8O2/c1-13-30-21-18(35(13)12-19(26)27)9-15(10-28-21)17-11-29-22-20(17)23(37-4)33-25(32-22)31-16-7-5-14(6-8-16)24(36)34(2)3/h9-11,14,16,19H,5-8,12H2,1-4H3,(H2,29,31,32,33). The fraction of sp³-hybridized carbons (Fsp3) is 0.480. The molecule has 37 heavy (non-hydrogen) atoms. The number of nitrogens with zero attached hydrogens (tertiary/aromatic N) is 6. The zero-order valence-corrected chi connectivity index (χ0v) is 21.3. The van der Waals surface area contributed by atoms with Crippen molar-refractivity contribution in [3.05, 3.63) is 24.3 Å². The molecule has 0 aliphatic heterocycles. The van der Waals surface area contributed by atoms with Crippen LogP contribution in [-0.4, -0.2) is 74.0 Å². The molecular formula is C25H30F2N8O2. The molecule has 0 atom stereocenters. The van der Waals surface area contributed by atoms with E-state index in [1.54, 1.807) is 51.5 Å².